The summed E-state index contributed by atoms with van der Waals surface area (Å²) < 4.78 is 21.9. The minimum atomic E-state index is -0.286. The number of rotatable bonds is 6. The SMILES string of the molecule is Cc1noc(C)c1CO[C@@H]1CCOC[C@@H]1NC(=O)c1cc(C2CC2)no1. The van der Waals surface area contributed by atoms with Crippen LogP contribution in [0.3, 0.4) is 0 Å². The summed E-state index contributed by atoms with van der Waals surface area (Å²) in [5, 5.41) is 10.9. The molecule has 1 aliphatic carbocycles. The normalized spacial score (nSPS) is 23.2. The summed E-state index contributed by atoms with van der Waals surface area (Å²) in [6, 6.07) is 1.49. The Morgan fingerprint density at radius 2 is 2.12 bits per heavy atom. The summed E-state index contributed by atoms with van der Waals surface area (Å²) >= 11 is 0. The molecule has 8 heteroatoms. The number of ether oxygens (including phenoxy) is 2. The van der Waals surface area contributed by atoms with Crippen LogP contribution in [0.4, 0.5) is 0 Å². The van der Waals surface area contributed by atoms with Gasteiger partial charge in [0.25, 0.3) is 5.91 Å². The Bertz CT molecular complexity index is 760. The van der Waals surface area contributed by atoms with Gasteiger partial charge in [-0.05, 0) is 33.1 Å². The first-order chi connectivity index (χ1) is 12.6. The zero-order chi connectivity index (χ0) is 18.1. The minimum absolute atomic E-state index is 0.146. The van der Waals surface area contributed by atoms with Gasteiger partial charge in [-0.1, -0.05) is 10.3 Å². The molecule has 1 aliphatic heterocycles. The highest BCUT2D eigenvalue weighted by Gasteiger charge is 2.32. The van der Waals surface area contributed by atoms with Crippen molar-refractivity contribution < 1.29 is 23.3 Å². The molecule has 8 nitrogen and oxygen atoms in total. The van der Waals surface area contributed by atoms with Crippen LogP contribution in [0.25, 0.3) is 0 Å². The second kappa shape index (κ2) is 7.20. The fourth-order valence-electron chi connectivity index (χ4n) is 3.16. The zero-order valence-corrected chi connectivity index (χ0v) is 15.0. The van der Waals surface area contributed by atoms with E-state index in [2.05, 4.69) is 15.6 Å². The number of nitrogens with zero attached hydrogens (tertiary/aromatic N) is 2. The van der Waals surface area contributed by atoms with Gasteiger partial charge >= 0.3 is 0 Å². The largest absolute Gasteiger partial charge is 0.379 e. The number of hydrogen-bond acceptors (Lipinski definition) is 7. The molecule has 2 atom stereocenters. The summed E-state index contributed by atoms with van der Waals surface area (Å²) in [6.07, 6.45) is 2.79. The highest BCUT2D eigenvalue weighted by Crippen LogP contribution is 2.39. The second-order valence-corrected chi connectivity index (χ2v) is 6.99. The van der Waals surface area contributed by atoms with E-state index in [1.807, 2.05) is 13.8 Å². The van der Waals surface area contributed by atoms with Gasteiger partial charge in [-0.15, -0.1) is 0 Å². The third-order valence-electron chi connectivity index (χ3n) is 4.98. The standard InChI is InChI=1S/C18H23N3O5/c1-10-13(11(2)25-20-10)8-24-16-5-6-23-9-15(16)19-18(22)17-7-14(21-26-17)12-3-4-12/h7,12,15-16H,3-6,8-9H2,1-2H3,(H,19,22)/t15-,16+/m0/s1. The predicted molar refractivity (Wildman–Crippen MR) is 89.7 cm³/mol. The molecular weight excluding hydrogens is 338 g/mol. The van der Waals surface area contributed by atoms with Crippen molar-refractivity contribution in [3.05, 3.63) is 34.5 Å². The van der Waals surface area contributed by atoms with Crippen molar-refractivity contribution in [1.29, 1.82) is 0 Å². The Hall–Kier alpha value is -2.19. The third-order valence-corrected chi connectivity index (χ3v) is 4.98. The van der Waals surface area contributed by atoms with Gasteiger partial charge in [-0.25, -0.2) is 0 Å². The Balaban J connectivity index is 1.37. The average Bonchev–Trinajstić information content (AvgIpc) is 3.28. The molecule has 1 saturated carbocycles. The van der Waals surface area contributed by atoms with Crippen LogP contribution in [0.15, 0.2) is 15.1 Å². The van der Waals surface area contributed by atoms with Crippen molar-refractivity contribution in [2.45, 2.75) is 57.8 Å². The first kappa shape index (κ1) is 17.2. The molecule has 0 spiro atoms. The highest BCUT2D eigenvalue weighted by atomic mass is 16.5. The molecule has 3 heterocycles. The molecule has 4 rings (SSSR count). The minimum Gasteiger partial charge on any atom is -0.379 e. The molecule has 0 bridgehead atoms. The van der Waals surface area contributed by atoms with Gasteiger partial charge in [-0.3, -0.25) is 4.79 Å². The summed E-state index contributed by atoms with van der Waals surface area (Å²) in [4.78, 5) is 12.5. The molecule has 1 N–H and O–H groups in total. The van der Waals surface area contributed by atoms with E-state index in [-0.39, 0.29) is 23.8 Å². The van der Waals surface area contributed by atoms with Crippen molar-refractivity contribution >= 4 is 5.91 Å². The van der Waals surface area contributed by atoms with Gasteiger partial charge < -0.3 is 23.8 Å². The summed E-state index contributed by atoms with van der Waals surface area (Å²) in [5.41, 5.74) is 2.64. The van der Waals surface area contributed by atoms with Crippen molar-refractivity contribution in [2.24, 2.45) is 0 Å². The molecule has 0 unspecified atom stereocenters. The Labute approximate surface area is 151 Å². The fraction of sp³-hybridized carbons (Fsp3) is 0.611. The van der Waals surface area contributed by atoms with Crippen LogP contribution < -0.4 is 5.32 Å². The number of nitrogens with one attached hydrogen (secondary N) is 1. The smallest absolute Gasteiger partial charge is 0.290 e. The van der Waals surface area contributed by atoms with E-state index in [4.69, 9.17) is 18.5 Å². The predicted octanol–water partition coefficient (Wildman–Crippen LogP) is 2.26. The topological polar surface area (TPSA) is 99.6 Å². The maximum absolute atomic E-state index is 12.5. The van der Waals surface area contributed by atoms with Crippen LogP contribution in [-0.2, 0) is 16.1 Å². The van der Waals surface area contributed by atoms with Crippen LogP contribution in [0.2, 0.25) is 0 Å². The van der Waals surface area contributed by atoms with Gasteiger partial charge in [0.05, 0.1) is 36.7 Å². The molecule has 26 heavy (non-hydrogen) atoms. The first-order valence-corrected chi connectivity index (χ1v) is 9.00. The molecule has 2 aromatic heterocycles. The average molecular weight is 361 g/mol. The van der Waals surface area contributed by atoms with E-state index in [0.717, 1.165) is 35.6 Å². The van der Waals surface area contributed by atoms with Crippen LogP contribution in [-0.4, -0.2) is 41.6 Å². The summed E-state index contributed by atoms with van der Waals surface area (Å²) in [5.74, 6) is 1.15. The van der Waals surface area contributed by atoms with Crippen LogP contribution in [0.1, 0.15) is 58.4 Å². The van der Waals surface area contributed by atoms with E-state index in [1.54, 1.807) is 6.07 Å². The number of amides is 1. The van der Waals surface area contributed by atoms with Crippen molar-refractivity contribution in [3.63, 3.8) is 0 Å². The van der Waals surface area contributed by atoms with Crippen LogP contribution in [0, 0.1) is 13.8 Å². The van der Waals surface area contributed by atoms with E-state index >= 15 is 0 Å². The molecule has 2 fully saturated rings. The summed E-state index contributed by atoms with van der Waals surface area (Å²) in [7, 11) is 0. The van der Waals surface area contributed by atoms with Crippen LogP contribution in [0.5, 0.6) is 0 Å². The zero-order valence-electron chi connectivity index (χ0n) is 15.0. The van der Waals surface area contributed by atoms with E-state index < -0.39 is 0 Å². The van der Waals surface area contributed by atoms with Gasteiger partial charge in [0, 0.05) is 24.2 Å². The number of aryl methyl sites for hydroxylation is 2. The molecule has 2 aromatic rings. The maximum Gasteiger partial charge on any atom is 0.290 e. The molecule has 140 valence electrons. The van der Waals surface area contributed by atoms with Gasteiger partial charge in [0.15, 0.2) is 0 Å². The second-order valence-electron chi connectivity index (χ2n) is 6.99. The van der Waals surface area contributed by atoms with Crippen molar-refractivity contribution in [3.8, 4) is 0 Å². The lowest BCUT2D eigenvalue weighted by Crippen LogP contribution is -2.50. The lowest BCUT2D eigenvalue weighted by Gasteiger charge is -2.31. The summed E-state index contributed by atoms with van der Waals surface area (Å²) in [6.45, 7) is 5.16. The van der Waals surface area contributed by atoms with Crippen molar-refractivity contribution in [1.82, 2.24) is 15.6 Å². The van der Waals surface area contributed by atoms with E-state index in [0.29, 0.717) is 32.2 Å². The first-order valence-electron chi connectivity index (χ1n) is 9.00. The van der Waals surface area contributed by atoms with Crippen LogP contribution >= 0.6 is 0 Å². The van der Waals surface area contributed by atoms with Crippen molar-refractivity contribution in [2.75, 3.05) is 13.2 Å². The Morgan fingerprint density at radius 3 is 2.85 bits per heavy atom. The Morgan fingerprint density at radius 1 is 1.27 bits per heavy atom. The fourth-order valence-corrected chi connectivity index (χ4v) is 3.16. The molecule has 0 radical (unpaired) electrons. The van der Waals surface area contributed by atoms with Gasteiger partial charge in [0.1, 0.15) is 5.76 Å². The molecule has 1 amide bonds. The number of aromatic nitrogens is 2. The lowest BCUT2D eigenvalue weighted by molar-refractivity contribution is -0.0610. The van der Waals surface area contributed by atoms with E-state index in [1.165, 1.54) is 0 Å². The monoisotopic (exact) mass is 361 g/mol. The van der Waals surface area contributed by atoms with Gasteiger partial charge in [0.2, 0.25) is 5.76 Å². The third kappa shape index (κ3) is 3.66. The molecular formula is C18H23N3O5. The maximum atomic E-state index is 12.5. The van der Waals surface area contributed by atoms with E-state index in [9.17, 15) is 4.79 Å². The molecule has 0 aromatic carbocycles. The lowest BCUT2D eigenvalue weighted by atomic mass is 10.1. The highest BCUT2D eigenvalue weighted by molar-refractivity contribution is 5.91. The Kier molecular flexibility index (Phi) is 4.78. The molecule has 2 aliphatic rings. The quantitative estimate of drug-likeness (QED) is 0.842. The van der Waals surface area contributed by atoms with Gasteiger partial charge in [-0.2, -0.15) is 0 Å². The molecule has 1 saturated heterocycles. The number of carbonyl (C=O) groups excluding carboxylic acids is 1. The number of carbonyl (C=O) groups is 1. The number of hydrogen-bond donors (Lipinski definition) is 1.